The maximum absolute atomic E-state index is 13.3. The fourth-order valence-electron chi connectivity index (χ4n) is 2.64. The summed E-state index contributed by atoms with van der Waals surface area (Å²) < 4.78 is 28.1. The lowest BCUT2D eigenvalue weighted by molar-refractivity contribution is 0.589. The highest BCUT2D eigenvalue weighted by atomic mass is 32.2. The molecule has 2 aromatic rings. The lowest BCUT2D eigenvalue weighted by Crippen LogP contribution is -2.32. The predicted octanol–water partition coefficient (Wildman–Crippen LogP) is 5.19. The minimum atomic E-state index is -3.65. The molecule has 0 unspecified atom stereocenters. The van der Waals surface area contributed by atoms with E-state index >= 15 is 0 Å². The zero-order chi connectivity index (χ0) is 18.4. The van der Waals surface area contributed by atoms with E-state index in [4.69, 9.17) is 0 Å². The standard InChI is InChI=1S/C21H25NO2S/c1-5-6-9-16-22(21-11-8-7-10-20(21)17(2)3)25(23,24)19-14-12-18(4)13-15-19/h5,7-8,10-15H,1-2,6,9,16H2,3-4H3. The van der Waals surface area contributed by atoms with Crippen LogP contribution in [0.5, 0.6) is 0 Å². The van der Waals surface area contributed by atoms with Gasteiger partial charge in [0.05, 0.1) is 10.6 Å². The number of hydrogen-bond acceptors (Lipinski definition) is 2. The van der Waals surface area contributed by atoms with Crippen LogP contribution in [0.3, 0.4) is 0 Å². The molecule has 25 heavy (non-hydrogen) atoms. The van der Waals surface area contributed by atoms with Gasteiger partial charge in [0, 0.05) is 12.1 Å². The number of anilines is 1. The molecule has 0 aliphatic heterocycles. The van der Waals surface area contributed by atoms with Gasteiger partial charge in [0.1, 0.15) is 0 Å². The number of sulfonamides is 1. The Morgan fingerprint density at radius 1 is 1.12 bits per heavy atom. The average Bonchev–Trinajstić information content (AvgIpc) is 2.59. The summed E-state index contributed by atoms with van der Waals surface area (Å²) in [5.41, 5.74) is 3.37. The maximum Gasteiger partial charge on any atom is 0.264 e. The van der Waals surface area contributed by atoms with E-state index < -0.39 is 10.0 Å². The van der Waals surface area contributed by atoms with Crippen molar-refractivity contribution < 1.29 is 8.42 Å². The van der Waals surface area contributed by atoms with Gasteiger partial charge in [0.25, 0.3) is 10.0 Å². The number of unbranched alkanes of at least 4 members (excludes halogenated alkanes) is 1. The highest BCUT2D eigenvalue weighted by Gasteiger charge is 2.26. The summed E-state index contributed by atoms with van der Waals surface area (Å²) >= 11 is 0. The molecule has 0 radical (unpaired) electrons. The SMILES string of the molecule is C=CCCCN(c1ccccc1C(=C)C)S(=O)(=O)c1ccc(C)cc1. The average molecular weight is 356 g/mol. The molecule has 0 heterocycles. The molecule has 0 amide bonds. The van der Waals surface area contributed by atoms with Crippen molar-refractivity contribution in [3.05, 3.63) is 78.9 Å². The van der Waals surface area contributed by atoms with E-state index in [1.54, 1.807) is 18.2 Å². The molecule has 0 fully saturated rings. The maximum atomic E-state index is 13.3. The molecule has 0 saturated carbocycles. The Balaban J connectivity index is 2.54. The second kappa shape index (κ2) is 8.17. The molecule has 0 aliphatic carbocycles. The minimum absolute atomic E-state index is 0.299. The number of hydrogen-bond donors (Lipinski definition) is 0. The molecule has 2 rings (SSSR count). The van der Waals surface area contributed by atoms with Crippen LogP contribution in [0.4, 0.5) is 5.69 Å². The van der Waals surface area contributed by atoms with Crippen molar-refractivity contribution in [3.8, 4) is 0 Å². The summed E-state index contributed by atoms with van der Waals surface area (Å²) in [7, 11) is -3.65. The topological polar surface area (TPSA) is 37.4 Å². The molecular weight excluding hydrogens is 330 g/mol. The van der Waals surface area contributed by atoms with Crippen LogP contribution in [0.25, 0.3) is 5.57 Å². The van der Waals surface area contributed by atoms with Gasteiger partial charge in [-0.3, -0.25) is 4.31 Å². The van der Waals surface area contributed by atoms with Gasteiger partial charge in [-0.1, -0.05) is 48.6 Å². The first-order valence-electron chi connectivity index (χ1n) is 8.33. The zero-order valence-corrected chi connectivity index (χ0v) is 15.7. The van der Waals surface area contributed by atoms with E-state index in [0.717, 1.165) is 23.1 Å². The third kappa shape index (κ3) is 4.40. The van der Waals surface area contributed by atoms with Gasteiger partial charge in [0.15, 0.2) is 0 Å². The van der Waals surface area contributed by atoms with Crippen molar-refractivity contribution in [2.24, 2.45) is 0 Å². The van der Waals surface area contributed by atoms with Crippen molar-refractivity contribution in [1.82, 2.24) is 0 Å². The van der Waals surface area contributed by atoms with Crippen LogP contribution in [-0.2, 0) is 10.0 Å². The fraction of sp³-hybridized carbons (Fsp3) is 0.238. The molecule has 0 spiro atoms. The Labute approximate surface area is 151 Å². The molecule has 3 nitrogen and oxygen atoms in total. The molecule has 0 bridgehead atoms. The first kappa shape index (κ1) is 19.0. The molecule has 132 valence electrons. The van der Waals surface area contributed by atoms with E-state index in [1.807, 2.05) is 50.2 Å². The number of para-hydroxylation sites is 1. The molecule has 0 aliphatic rings. The Kier molecular flexibility index (Phi) is 6.21. The van der Waals surface area contributed by atoms with E-state index in [0.29, 0.717) is 23.5 Å². The van der Waals surface area contributed by atoms with Gasteiger partial charge in [-0.2, -0.15) is 0 Å². The van der Waals surface area contributed by atoms with Crippen LogP contribution in [0.15, 0.2) is 72.7 Å². The van der Waals surface area contributed by atoms with Gasteiger partial charge >= 0.3 is 0 Å². The largest absolute Gasteiger partial charge is 0.266 e. The molecule has 2 aromatic carbocycles. The summed E-state index contributed by atoms with van der Waals surface area (Å²) in [6, 6.07) is 14.5. The summed E-state index contributed by atoms with van der Waals surface area (Å²) in [6.45, 7) is 11.9. The van der Waals surface area contributed by atoms with E-state index in [9.17, 15) is 8.42 Å². The van der Waals surface area contributed by atoms with E-state index in [2.05, 4.69) is 13.2 Å². The lowest BCUT2D eigenvalue weighted by atomic mass is 10.1. The molecule has 0 atom stereocenters. The van der Waals surface area contributed by atoms with E-state index in [-0.39, 0.29) is 0 Å². The van der Waals surface area contributed by atoms with Crippen LogP contribution in [-0.4, -0.2) is 15.0 Å². The monoisotopic (exact) mass is 355 g/mol. The summed E-state index contributed by atoms with van der Waals surface area (Å²) in [4.78, 5) is 0.299. The zero-order valence-electron chi connectivity index (χ0n) is 14.9. The normalized spacial score (nSPS) is 11.1. The summed E-state index contributed by atoms with van der Waals surface area (Å²) in [5.74, 6) is 0. The second-order valence-corrected chi connectivity index (χ2v) is 7.98. The lowest BCUT2D eigenvalue weighted by Gasteiger charge is -2.27. The molecule has 0 aromatic heterocycles. The van der Waals surface area contributed by atoms with Crippen LogP contribution < -0.4 is 4.31 Å². The first-order valence-corrected chi connectivity index (χ1v) is 9.77. The van der Waals surface area contributed by atoms with Gasteiger partial charge in [-0.05, 0) is 50.5 Å². The second-order valence-electron chi connectivity index (χ2n) is 6.12. The van der Waals surface area contributed by atoms with Crippen molar-refractivity contribution in [2.45, 2.75) is 31.6 Å². The fourth-order valence-corrected chi connectivity index (χ4v) is 4.16. The highest BCUT2D eigenvalue weighted by Crippen LogP contribution is 2.31. The third-order valence-corrected chi connectivity index (χ3v) is 5.84. The molecule has 4 heteroatoms. The van der Waals surface area contributed by atoms with Crippen molar-refractivity contribution >= 4 is 21.3 Å². The number of aryl methyl sites for hydroxylation is 1. The highest BCUT2D eigenvalue weighted by molar-refractivity contribution is 7.92. The Morgan fingerprint density at radius 3 is 2.36 bits per heavy atom. The number of nitrogens with zero attached hydrogens (tertiary/aromatic N) is 1. The van der Waals surface area contributed by atoms with Gasteiger partial charge in [0.2, 0.25) is 0 Å². The number of rotatable bonds is 8. The summed E-state index contributed by atoms with van der Waals surface area (Å²) in [5, 5.41) is 0. The quantitative estimate of drug-likeness (QED) is 0.483. The molecule has 0 N–H and O–H groups in total. The summed E-state index contributed by atoms with van der Waals surface area (Å²) in [6.07, 6.45) is 3.27. The van der Waals surface area contributed by atoms with Gasteiger partial charge < -0.3 is 0 Å². The number of benzene rings is 2. The smallest absolute Gasteiger partial charge is 0.264 e. The number of allylic oxidation sites excluding steroid dienone is 2. The molecular formula is C21H25NO2S. The Bertz CT molecular complexity index is 852. The first-order chi connectivity index (χ1) is 11.9. The van der Waals surface area contributed by atoms with Gasteiger partial charge in [-0.15, -0.1) is 6.58 Å². The van der Waals surface area contributed by atoms with Gasteiger partial charge in [-0.25, -0.2) is 8.42 Å². The van der Waals surface area contributed by atoms with Crippen molar-refractivity contribution in [2.75, 3.05) is 10.8 Å². The van der Waals surface area contributed by atoms with E-state index in [1.165, 1.54) is 4.31 Å². The molecule has 0 saturated heterocycles. The van der Waals surface area contributed by atoms with Crippen LogP contribution in [0, 0.1) is 6.92 Å². The van der Waals surface area contributed by atoms with Crippen LogP contribution >= 0.6 is 0 Å². The Morgan fingerprint density at radius 2 is 1.76 bits per heavy atom. The third-order valence-electron chi connectivity index (χ3n) is 4.01. The van der Waals surface area contributed by atoms with Crippen molar-refractivity contribution in [3.63, 3.8) is 0 Å². The van der Waals surface area contributed by atoms with Crippen LogP contribution in [0.1, 0.15) is 30.9 Å². The van der Waals surface area contributed by atoms with Crippen molar-refractivity contribution in [1.29, 1.82) is 0 Å². The Hall–Kier alpha value is -2.33. The van der Waals surface area contributed by atoms with Crippen LogP contribution in [0.2, 0.25) is 0 Å². The minimum Gasteiger partial charge on any atom is -0.266 e. The predicted molar refractivity (Wildman–Crippen MR) is 106 cm³/mol.